The molecule has 1 aliphatic heterocycles. The topological polar surface area (TPSA) is 41.6 Å². The number of hydrogen-bond donors (Lipinski definition) is 1. The second kappa shape index (κ2) is 8.35. The van der Waals surface area contributed by atoms with E-state index in [2.05, 4.69) is 5.32 Å². The first-order chi connectivity index (χ1) is 9.19. The molecule has 1 N–H and O–H groups in total. The Morgan fingerprint density at radius 3 is 2.75 bits per heavy atom. The second-order valence-corrected chi connectivity index (χ2v) is 5.13. The molecular formula is C14H20Cl2N2O2. The summed E-state index contributed by atoms with van der Waals surface area (Å²) in [6.07, 6.45) is 2.00. The predicted octanol–water partition coefficient (Wildman–Crippen LogP) is 2.35. The number of piperidine rings is 1. The third-order valence-electron chi connectivity index (χ3n) is 3.41. The average Bonchev–Trinajstić information content (AvgIpc) is 2.45. The minimum atomic E-state index is 0. The molecule has 1 fully saturated rings. The Balaban J connectivity index is 0.00000200. The first-order valence-corrected chi connectivity index (χ1v) is 6.90. The first-order valence-electron chi connectivity index (χ1n) is 6.52. The van der Waals surface area contributed by atoms with Crippen LogP contribution in [0.1, 0.15) is 12.8 Å². The summed E-state index contributed by atoms with van der Waals surface area (Å²) in [4.78, 5) is 13.9. The summed E-state index contributed by atoms with van der Waals surface area (Å²) >= 11 is 5.86. The van der Waals surface area contributed by atoms with Crippen molar-refractivity contribution in [1.82, 2.24) is 10.2 Å². The quantitative estimate of drug-likeness (QED) is 0.926. The lowest BCUT2D eigenvalue weighted by atomic mass is 10.1. The van der Waals surface area contributed by atoms with Crippen LogP contribution < -0.4 is 10.1 Å². The number of carbonyl (C=O) groups is 1. The van der Waals surface area contributed by atoms with Gasteiger partial charge in [-0.15, -0.1) is 12.4 Å². The molecule has 1 aromatic rings. The van der Waals surface area contributed by atoms with Crippen LogP contribution in [0, 0.1) is 0 Å². The number of likely N-dealkylation sites (tertiary alicyclic amines) is 1. The highest BCUT2D eigenvalue weighted by atomic mass is 35.5. The van der Waals surface area contributed by atoms with Gasteiger partial charge in [0.1, 0.15) is 5.75 Å². The van der Waals surface area contributed by atoms with E-state index in [4.69, 9.17) is 16.3 Å². The van der Waals surface area contributed by atoms with Crippen LogP contribution in [-0.4, -0.2) is 43.6 Å². The predicted molar refractivity (Wildman–Crippen MR) is 82.9 cm³/mol. The van der Waals surface area contributed by atoms with E-state index < -0.39 is 0 Å². The van der Waals surface area contributed by atoms with E-state index >= 15 is 0 Å². The molecule has 1 aliphatic rings. The van der Waals surface area contributed by atoms with Gasteiger partial charge in [-0.3, -0.25) is 4.79 Å². The molecule has 1 amide bonds. The van der Waals surface area contributed by atoms with Crippen molar-refractivity contribution >= 4 is 29.9 Å². The van der Waals surface area contributed by atoms with Crippen LogP contribution in [0.5, 0.6) is 5.75 Å². The van der Waals surface area contributed by atoms with Crippen molar-refractivity contribution in [3.63, 3.8) is 0 Å². The fourth-order valence-corrected chi connectivity index (χ4v) is 2.39. The highest BCUT2D eigenvalue weighted by Crippen LogP contribution is 2.17. The Kier molecular flexibility index (Phi) is 7.13. The summed E-state index contributed by atoms with van der Waals surface area (Å²) in [5.74, 6) is 0.667. The van der Waals surface area contributed by atoms with Crippen molar-refractivity contribution in [2.75, 3.05) is 26.7 Å². The van der Waals surface area contributed by atoms with E-state index in [9.17, 15) is 4.79 Å². The Hall–Kier alpha value is -0.970. The molecule has 0 unspecified atom stereocenters. The molecule has 4 nitrogen and oxygen atoms in total. The minimum absolute atomic E-state index is 0. The van der Waals surface area contributed by atoms with E-state index in [-0.39, 0.29) is 24.9 Å². The second-order valence-electron chi connectivity index (χ2n) is 4.69. The van der Waals surface area contributed by atoms with Crippen LogP contribution in [0.3, 0.4) is 0 Å². The Labute approximate surface area is 130 Å². The van der Waals surface area contributed by atoms with Gasteiger partial charge >= 0.3 is 0 Å². The van der Waals surface area contributed by atoms with Crippen LogP contribution in [0.4, 0.5) is 0 Å². The zero-order valence-corrected chi connectivity index (χ0v) is 13.0. The minimum Gasteiger partial charge on any atom is -0.484 e. The number of amides is 1. The highest BCUT2D eigenvalue weighted by Gasteiger charge is 2.21. The standard InChI is InChI=1S/C14H19ClN2O2.ClH/c1-16-12-5-7-17(8-6-12)14(18)10-19-13-4-2-3-11(15)9-13;/h2-4,9,12,16H,5-8,10H2,1H3;1H. The summed E-state index contributed by atoms with van der Waals surface area (Å²) in [5.41, 5.74) is 0. The molecule has 112 valence electrons. The zero-order valence-electron chi connectivity index (χ0n) is 11.5. The van der Waals surface area contributed by atoms with Crippen molar-refractivity contribution in [3.8, 4) is 5.75 Å². The van der Waals surface area contributed by atoms with Crippen LogP contribution in [-0.2, 0) is 4.79 Å². The van der Waals surface area contributed by atoms with Gasteiger partial charge in [-0.2, -0.15) is 0 Å². The average molecular weight is 319 g/mol. The molecule has 0 atom stereocenters. The molecule has 1 saturated heterocycles. The van der Waals surface area contributed by atoms with Crippen LogP contribution in [0.25, 0.3) is 0 Å². The fraction of sp³-hybridized carbons (Fsp3) is 0.500. The third kappa shape index (κ3) is 4.85. The normalized spacial score (nSPS) is 15.6. The van der Waals surface area contributed by atoms with Gasteiger partial charge in [0.25, 0.3) is 5.91 Å². The first kappa shape index (κ1) is 17.1. The van der Waals surface area contributed by atoms with E-state index in [1.165, 1.54) is 0 Å². The van der Waals surface area contributed by atoms with E-state index in [1.54, 1.807) is 24.3 Å². The maximum Gasteiger partial charge on any atom is 0.260 e. The van der Waals surface area contributed by atoms with Gasteiger partial charge in [0.2, 0.25) is 0 Å². The number of nitrogens with one attached hydrogen (secondary N) is 1. The molecule has 20 heavy (non-hydrogen) atoms. The molecule has 0 aromatic heterocycles. The molecule has 6 heteroatoms. The van der Waals surface area contributed by atoms with E-state index in [1.807, 2.05) is 11.9 Å². The zero-order chi connectivity index (χ0) is 13.7. The van der Waals surface area contributed by atoms with E-state index in [0.717, 1.165) is 25.9 Å². The Bertz CT molecular complexity index is 435. The van der Waals surface area contributed by atoms with Gasteiger partial charge in [0.05, 0.1) is 0 Å². The maximum absolute atomic E-state index is 12.0. The van der Waals surface area contributed by atoms with Gasteiger partial charge in [-0.1, -0.05) is 17.7 Å². The molecule has 1 aromatic carbocycles. The Morgan fingerprint density at radius 1 is 1.45 bits per heavy atom. The number of carbonyl (C=O) groups excluding carboxylic acids is 1. The lowest BCUT2D eigenvalue weighted by molar-refractivity contribution is -0.134. The van der Waals surface area contributed by atoms with Gasteiger partial charge in [-0.05, 0) is 38.1 Å². The van der Waals surface area contributed by atoms with Gasteiger partial charge in [0.15, 0.2) is 6.61 Å². The van der Waals surface area contributed by atoms with Crippen LogP contribution in [0.2, 0.25) is 5.02 Å². The third-order valence-corrected chi connectivity index (χ3v) is 3.65. The smallest absolute Gasteiger partial charge is 0.260 e. The molecule has 0 saturated carbocycles. The fourth-order valence-electron chi connectivity index (χ4n) is 2.21. The van der Waals surface area contributed by atoms with Crippen LogP contribution in [0.15, 0.2) is 24.3 Å². The van der Waals surface area contributed by atoms with E-state index in [0.29, 0.717) is 16.8 Å². The molecule has 0 radical (unpaired) electrons. The summed E-state index contributed by atoms with van der Waals surface area (Å²) in [7, 11) is 1.96. The largest absolute Gasteiger partial charge is 0.484 e. The number of hydrogen-bond acceptors (Lipinski definition) is 3. The summed E-state index contributed by atoms with van der Waals surface area (Å²) in [6.45, 7) is 1.66. The maximum atomic E-state index is 12.0. The number of nitrogens with zero attached hydrogens (tertiary/aromatic N) is 1. The molecule has 2 rings (SSSR count). The number of rotatable bonds is 4. The number of ether oxygens (including phenoxy) is 1. The lowest BCUT2D eigenvalue weighted by Crippen LogP contribution is -2.45. The summed E-state index contributed by atoms with van der Waals surface area (Å²) in [5, 5.41) is 3.85. The molecule has 1 heterocycles. The summed E-state index contributed by atoms with van der Waals surface area (Å²) in [6, 6.07) is 7.62. The SMILES string of the molecule is CNC1CCN(C(=O)COc2cccc(Cl)c2)CC1.Cl. The molecule has 0 aliphatic carbocycles. The van der Waals surface area contributed by atoms with Gasteiger partial charge in [0, 0.05) is 24.2 Å². The molecular weight excluding hydrogens is 299 g/mol. The van der Waals surface area contributed by atoms with Crippen molar-refractivity contribution in [2.24, 2.45) is 0 Å². The van der Waals surface area contributed by atoms with Gasteiger partial charge in [-0.25, -0.2) is 0 Å². The molecule has 0 spiro atoms. The summed E-state index contributed by atoms with van der Waals surface area (Å²) < 4.78 is 5.46. The molecule has 0 bridgehead atoms. The lowest BCUT2D eigenvalue weighted by Gasteiger charge is -2.31. The van der Waals surface area contributed by atoms with Crippen molar-refractivity contribution in [3.05, 3.63) is 29.3 Å². The van der Waals surface area contributed by atoms with Crippen molar-refractivity contribution in [1.29, 1.82) is 0 Å². The monoisotopic (exact) mass is 318 g/mol. The van der Waals surface area contributed by atoms with Gasteiger partial charge < -0.3 is 15.0 Å². The van der Waals surface area contributed by atoms with Crippen LogP contribution >= 0.6 is 24.0 Å². The van der Waals surface area contributed by atoms with Crippen molar-refractivity contribution < 1.29 is 9.53 Å². The number of benzene rings is 1. The Morgan fingerprint density at radius 2 is 2.15 bits per heavy atom. The number of halogens is 2. The van der Waals surface area contributed by atoms with Crippen molar-refractivity contribution in [2.45, 2.75) is 18.9 Å². The highest BCUT2D eigenvalue weighted by molar-refractivity contribution is 6.30.